The van der Waals surface area contributed by atoms with E-state index in [0.29, 0.717) is 13.0 Å². The molecule has 0 saturated heterocycles. The summed E-state index contributed by atoms with van der Waals surface area (Å²) in [5, 5.41) is 4.61. The van der Waals surface area contributed by atoms with E-state index in [1.54, 1.807) is 0 Å². The smallest absolute Gasteiger partial charge is 0.323 e. The largest absolute Gasteiger partial charge is 0.465 e. The highest BCUT2D eigenvalue weighted by Crippen LogP contribution is 2.39. The van der Waals surface area contributed by atoms with Crippen molar-refractivity contribution >= 4 is 16.9 Å². The zero-order valence-electron chi connectivity index (χ0n) is 15.0. The highest BCUT2D eigenvalue weighted by Gasteiger charge is 2.35. The molecule has 1 aromatic heterocycles. The van der Waals surface area contributed by atoms with Crippen LogP contribution in [0.2, 0.25) is 0 Å². The molecule has 138 valence electrons. The first-order valence-corrected chi connectivity index (χ1v) is 9.16. The Morgan fingerprint density at radius 3 is 2.93 bits per heavy atom. The van der Waals surface area contributed by atoms with E-state index in [0.717, 1.165) is 39.2 Å². The summed E-state index contributed by atoms with van der Waals surface area (Å²) in [5.74, 6) is 1.25. The molecular weight excluding hydrogens is 344 g/mol. The van der Waals surface area contributed by atoms with Gasteiger partial charge in [0.15, 0.2) is 11.5 Å². The van der Waals surface area contributed by atoms with Crippen LogP contribution in [-0.2, 0) is 16.0 Å². The monoisotopic (exact) mass is 364 g/mol. The molecular formula is C21H20N2O4. The number of benzene rings is 2. The zero-order chi connectivity index (χ0) is 18.4. The molecule has 0 aliphatic carbocycles. The van der Waals surface area contributed by atoms with Gasteiger partial charge in [-0.05, 0) is 36.2 Å². The van der Waals surface area contributed by atoms with E-state index in [2.05, 4.69) is 22.4 Å². The Morgan fingerprint density at radius 2 is 2.04 bits per heavy atom. The number of aromatic amines is 1. The van der Waals surface area contributed by atoms with E-state index >= 15 is 0 Å². The minimum Gasteiger partial charge on any atom is -0.465 e. The van der Waals surface area contributed by atoms with Crippen molar-refractivity contribution in [1.29, 1.82) is 0 Å². The van der Waals surface area contributed by atoms with Crippen LogP contribution in [0.25, 0.3) is 10.9 Å². The Balaban J connectivity index is 1.62. The Labute approximate surface area is 156 Å². The Bertz CT molecular complexity index is 1030. The first-order chi connectivity index (χ1) is 13.2. The summed E-state index contributed by atoms with van der Waals surface area (Å²) in [6, 6.07) is 13.5. The molecule has 0 unspecified atom stereocenters. The highest BCUT2D eigenvalue weighted by molar-refractivity contribution is 5.87. The van der Waals surface area contributed by atoms with Gasteiger partial charge in [0.05, 0.1) is 12.6 Å². The molecule has 27 heavy (non-hydrogen) atoms. The third-order valence-corrected chi connectivity index (χ3v) is 5.21. The lowest BCUT2D eigenvalue weighted by atomic mass is 9.90. The lowest BCUT2D eigenvalue weighted by Gasteiger charge is -2.30. The molecule has 2 aliphatic heterocycles. The lowest BCUT2D eigenvalue weighted by molar-refractivity contribution is -0.146. The summed E-state index contributed by atoms with van der Waals surface area (Å²) >= 11 is 0. The number of rotatable bonds is 3. The normalized spacial score (nSPS) is 20.5. The van der Waals surface area contributed by atoms with Crippen LogP contribution < -0.4 is 14.8 Å². The number of hydrogen-bond donors (Lipinski definition) is 2. The first kappa shape index (κ1) is 16.2. The number of fused-ring (bicyclic) bond motifs is 4. The molecule has 0 radical (unpaired) electrons. The van der Waals surface area contributed by atoms with E-state index in [-0.39, 0.29) is 18.8 Å². The quantitative estimate of drug-likeness (QED) is 0.699. The fourth-order valence-corrected chi connectivity index (χ4v) is 3.98. The van der Waals surface area contributed by atoms with Crippen molar-refractivity contribution < 1.29 is 19.0 Å². The minimum atomic E-state index is -0.396. The van der Waals surface area contributed by atoms with Crippen molar-refractivity contribution in [3.05, 3.63) is 59.3 Å². The molecule has 5 rings (SSSR count). The summed E-state index contributed by atoms with van der Waals surface area (Å²) in [7, 11) is 0. The number of ether oxygens (including phenoxy) is 3. The standard InChI is InChI=1S/C21H20N2O4/c1-2-25-21(24)16-10-14-13-5-3-4-6-15(13)22-20(14)19(23-16)12-7-8-17-18(9-12)27-11-26-17/h3-9,16,19,22-23H,2,10-11H2,1H3/t16-,19+/m0/s1. The average molecular weight is 364 g/mol. The Kier molecular flexibility index (Phi) is 3.79. The fraction of sp³-hybridized carbons (Fsp3) is 0.286. The van der Waals surface area contributed by atoms with Gasteiger partial charge < -0.3 is 19.2 Å². The molecule has 2 aliphatic rings. The van der Waals surface area contributed by atoms with E-state index in [9.17, 15) is 4.79 Å². The summed E-state index contributed by atoms with van der Waals surface area (Å²) in [5.41, 5.74) is 4.32. The second kappa shape index (κ2) is 6.32. The maximum absolute atomic E-state index is 12.5. The molecule has 0 fully saturated rings. The third kappa shape index (κ3) is 2.64. The zero-order valence-corrected chi connectivity index (χ0v) is 15.0. The first-order valence-electron chi connectivity index (χ1n) is 9.16. The summed E-state index contributed by atoms with van der Waals surface area (Å²) in [4.78, 5) is 16.0. The van der Waals surface area contributed by atoms with Crippen LogP contribution in [0.3, 0.4) is 0 Å². The maximum atomic E-state index is 12.5. The molecule has 2 aromatic carbocycles. The SMILES string of the molecule is CCOC(=O)[C@@H]1Cc2c([nH]c3ccccc23)[C@@H](c2ccc3c(c2)OCO3)N1. The molecule has 0 bridgehead atoms. The molecule has 3 aromatic rings. The Hall–Kier alpha value is -2.99. The number of nitrogens with one attached hydrogen (secondary N) is 2. The van der Waals surface area contributed by atoms with Crippen molar-refractivity contribution in [3.63, 3.8) is 0 Å². The van der Waals surface area contributed by atoms with Crippen molar-refractivity contribution in [2.24, 2.45) is 0 Å². The second-order valence-electron chi connectivity index (χ2n) is 6.78. The van der Waals surface area contributed by atoms with Gasteiger partial charge in [-0.15, -0.1) is 0 Å². The predicted octanol–water partition coefficient (Wildman–Crippen LogP) is 3.06. The number of carbonyl (C=O) groups is 1. The Morgan fingerprint density at radius 1 is 1.19 bits per heavy atom. The molecule has 2 N–H and O–H groups in total. The van der Waals surface area contributed by atoms with Crippen LogP contribution >= 0.6 is 0 Å². The number of H-pyrrole nitrogens is 1. The minimum absolute atomic E-state index is 0.162. The van der Waals surface area contributed by atoms with E-state index < -0.39 is 6.04 Å². The van der Waals surface area contributed by atoms with Gasteiger partial charge in [-0.1, -0.05) is 24.3 Å². The van der Waals surface area contributed by atoms with Crippen molar-refractivity contribution in [1.82, 2.24) is 10.3 Å². The summed E-state index contributed by atoms with van der Waals surface area (Å²) < 4.78 is 16.2. The van der Waals surface area contributed by atoms with E-state index in [1.165, 1.54) is 0 Å². The number of hydrogen-bond acceptors (Lipinski definition) is 5. The van der Waals surface area contributed by atoms with Crippen LogP contribution in [0.4, 0.5) is 0 Å². The molecule has 0 saturated carbocycles. The predicted molar refractivity (Wildman–Crippen MR) is 100.0 cm³/mol. The van der Waals surface area contributed by atoms with E-state index in [1.807, 2.05) is 37.3 Å². The maximum Gasteiger partial charge on any atom is 0.323 e. The number of carbonyl (C=O) groups excluding carboxylic acids is 1. The van der Waals surface area contributed by atoms with Crippen LogP contribution in [0.5, 0.6) is 11.5 Å². The van der Waals surface area contributed by atoms with Gasteiger partial charge in [-0.25, -0.2) is 0 Å². The third-order valence-electron chi connectivity index (χ3n) is 5.21. The number of aromatic nitrogens is 1. The van der Waals surface area contributed by atoms with Crippen LogP contribution in [-0.4, -0.2) is 30.4 Å². The number of para-hydroxylation sites is 1. The van der Waals surface area contributed by atoms with Gasteiger partial charge >= 0.3 is 5.97 Å². The molecule has 2 atom stereocenters. The van der Waals surface area contributed by atoms with Crippen LogP contribution in [0, 0.1) is 0 Å². The van der Waals surface area contributed by atoms with Crippen molar-refractivity contribution in [2.45, 2.75) is 25.4 Å². The number of esters is 1. The van der Waals surface area contributed by atoms with Gasteiger partial charge in [0.2, 0.25) is 6.79 Å². The van der Waals surface area contributed by atoms with Crippen LogP contribution in [0.1, 0.15) is 29.8 Å². The highest BCUT2D eigenvalue weighted by atomic mass is 16.7. The van der Waals surface area contributed by atoms with Gasteiger partial charge in [-0.2, -0.15) is 0 Å². The van der Waals surface area contributed by atoms with Gasteiger partial charge in [0, 0.05) is 23.0 Å². The summed E-state index contributed by atoms with van der Waals surface area (Å²) in [6.07, 6.45) is 0.596. The van der Waals surface area contributed by atoms with Crippen LogP contribution in [0.15, 0.2) is 42.5 Å². The molecule has 3 heterocycles. The molecule has 6 heteroatoms. The molecule has 6 nitrogen and oxygen atoms in total. The average Bonchev–Trinajstić information content (AvgIpc) is 3.31. The second-order valence-corrected chi connectivity index (χ2v) is 6.78. The van der Waals surface area contributed by atoms with E-state index in [4.69, 9.17) is 14.2 Å². The topological polar surface area (TPSA) is 72.6 Å². The van der Waals surface area contributed by atoms with Gasteiger partial charge in [-0.3, -0.25) is 10.1 Å². The van der Waals surface area contributed by atoms with Gasteiger partial charge in [0.1, 0.15) is 6.04 Å². The van der Waals surface area contributed by atoms with Crippen molar-refractivity contribution in [3.8, 4) is 11.5 Å². The van der Waals surface area contributed by atoms with Gasteiger partial charge in [0.25, 0.3) is 0 Å². The molecule has 0 amide bonds. The summed E-state index contributed by atoms with van der Waals surface area (Å²) in [6.45, 7) is 2.43. The lowest BCUT2D eigenvalue weighted by Crippen LogP contribution is -2.45. The van der Waals surface area contributed by atoms with Crippen molar-refractivity contribution in [2.75, 3.05) is 13.4 Å². The fourth-order valence-electron chi connectivity index (χ4n) is 3.98. The molecule has 0 spiro atoms.